The van der Waals surface area contributed by atoms with Gasteiger partial charge in [0.15, 0.2) is 5.58 Å². The third-order valence-electron chi connectivity index (χ3n) is 4.85. The number of fused-ring (bicyclic) bond motifs is 1. The third kappa shape index (κ3) is 4.29. The summed E-state index contributed by atoms with van der Waals surface area (Å²) in [6.45, 7) is 3.44. The fourth-order valence-corrected chi connectivity index (χ4v) is 3.39. The van der Waals surface area contributed by atoms with E-state index >= 15 is 0 Å². The van der Waals surface area contributed by atoms with Crippen LogP contribution in [0, 0.1) is 0 Å². The van der Waals surface area contributed by atoms with E-state index in [1.165, 1.54) is 6.92 Å². The molecule has 2 N–H and O–H groups in total. The lowest BCUT2D eigenvalue weighted by atomic mass is 10.0. The number of benzene rings is 3. The second-order valence-corrected chi connectivity index (χ2v) is 7.21. The maximum absolute atomic E-state index is 11.3. The highest BCUT2D eigenvalue weighted by atomic mass is 16.3. The highest BCUT2D eigenvalue weighted by molar-refractivity contribution is 5.78. The van der Waals surface area contributed by atoms with Gasteiger partial charge in [0.2, 0.25) is 11.8 Å². The van der Waals surface area contributed by atoms with Crippen LogP contribution >= 0.6 is 0 Å². The van der Waals surface area contributed by atoms with Crippen LogP contribution in [0.5, 0.6) is 5.75 Å². The predicted molar refractivity (Wildman–Crippen MR) is 113 cm³/mol. The van der Waals surface area contributed by atoms with Gasteiger partial charge in [0.1, 0.15) is 11.3 Å². The number of rotatable bonds is 5. The molecule has 0 aliphatic heterocycles. The van der Waals surface area contributed by atoms with Crippen molar-refractivity contribution in [1.29, 1.82) is 0 Å². The molecule has 0 spiro atoms. The first-order valence-electron chi connectivity index (χ1n) is 9.53. The number of nitrogens with one attached hydrogen (secondary N) is 1. The summed E-state index contributed by atoms with van der Waals surface area (Å²) in [6, 6.07) is 21.0. The van der Waals surface area contributed by atoms with Crippen LogP contribution in [0.15, 0.2) is 71.1 Å². The maximum atomic E-state index is 11.3. The van der Waals surface area contributed by atoms with E-state index in [1.807, 2.05) is 61.5 Å². The molecular weight excluding hydrogens is 364 g/mol. The third-order valence-corrected chi connectivity index (χ3v) is 4.85. The van der Waals surface area contributed by atoms with Crippen molar-refractivity contribution >= 4 is 17.0 Å². The smallest absolute Gasteiger partial charge is 0.227 e. The van der Waals surface area contributed by atoms with E-state index in [2.05, 4.69) is 10.3 Å². The molecule has 0 saturated carbocycles. The summed E-state index contributed by atoms with van der Waals surface area (Å²) >= 11 is 0. The summed E-state index contributed by atoms with van der Waals surface area (Å²) in [7, 11) is 0. The van der Waals surface area contributed by atoms with E-state index in [0.717, 1.165) is 34.2 Å². The molecule has 0 fully saturated rings. The summed E-state index contributed by atoms with van der Waals surface area (Å²) in [5.74, 6) is 0.771. The Bertz CT molecular complexity index is 1160. The second-order valence-electron chi connectivity index (χ2n) is 7.21. The molecule has 0 unspecified atom stereocenters. The van der Waals surface area contributed by atoms with Crippen LogP contribution in [-0.4, -0.2) is 16.0 Å². The van der Waals surface area contributed by atoms with Gasteiger partial charge in [-0.1, -0.05) is 30.3 Å². The zero-order chi connectivity index (χ0) is 20.4. The summed E-state index contributed by atoms with van der Waals surface area (Å²) in [4.78, 5) is 15.9. The number of phenolic OH excluding ortho intramolecular Hbond substituents is 1. The van der Waals surface area contributed by atoms with E-state index in [4.69, 9.17) is 4.42 Å². The van der Waals surface area contributed by atoms with Crippen molar-refractivity contribution in [2.75, 3.05) is 0 Å². The zero-order valence-electron chi connectivity index (χ0n) is 16.3. The van der Waals surface area contributed by atoms with Crippen LogP contribution in [0.4, 0.5) is 0 Å². The molecule has 1 amide bonds. The predicted octanol–water partition coefficient (Wildman–Crippen LogP) is 4.99. The largest absolute Gasteiger partial charge is 0.508 e. The Balaban J connectivity index is 1.55. The SMILES string of the molecule is CC(=O)N[C@H](C)c1ccc2nc(-c3ccc(Cc4cccc(O)c4)cc3)oc2c1. The van der Waals surface area contributed by atoms with Gasteiger partial charge in [-0.05, 0) is 66.4 Å². The Morgan fingerprint density at radius 2 is 1.86 bits per heavy atom. The van der Waals surface area contributed by atoms with Gasteiger partial charge in [0, 0.05) is 12.5 Å². The highest BCUT2D eigenvalue weighted by Gasteiger charge is 2.12. The molecule has 5 heteroatoms. The zero-order valence-corrected chi connectivity index (χ0v) is 16.3. The number of aromatic nitrogens is 1. The maximum Gasteiger partial charge on any atom is 0.227 e. The highest BCUT2D eigenvalue weighted by Crippen LogP contribution is 2.27. The molecule has 4 aromatic rings. The van der Waals surface area contributed by atoms with Crippen LogP contribution in [0.3, 0.4) is 0 Å². The number of carbonyl (C=O) groups excluding carboxylic acids is 1. The number of aromatic hydroxyl groups is 1. The minimum absolute atomic E-state index is 0.0679. The lowest BCUT2D eigenvalue weighted by molar-refractivity contribution is -0.119. The summed E-state index contributed by atoms with van der Waals surface area (Å²) < 4.78 is 5.97. The van der Waals surface area contributed by atoms with Gasteiger partial charge >= 0.3 is 0 Å². The van der Waals surface area contributed by atoms with Crippen molar-refractivity contribution in [3.8, 4) is 17.2 Å². The molecule has 0 aliphatic rings. The Kier molecular flexibility index (Phi) is 5.04. The molecule has 0 bridgehead atoms. The molecule has 29 heavy (non-hydrogen) atoms. The average molecular weight is 386 g/mol. The van der Waals surface area contributed by atoms with Gasteiger partial charge < -0.3 is 14.8 Å². The number of hydrogen-bond acceptors (Lipinski definition) is 4. The first kappa shape index (κ1) is 18.7. The topological polar surface area (TPSA) is 75.4 Å². The fourth-order valence-electron chi connectivity index (χ4n) is 3.39. The molecule has 3 aromatic carbocycles. The molecule has 146 valence electrons. The molecular formula is C24H22N2O3. The number of amides is 1. The molecule has 0 radical (unpaired) electrons. The fraction of sp³-hybridized carbons (Fsp3) is 0.167. The summed E-state index contributed by atoms with van der Waals surface area (Å²) in [6.07, 6.45) is 0.743. The van der Waals surface area contributed by atoms with Gasteiger partial charge in [-0.3, -0.25) is 4.79 Å². The Labute approximate surface area is 169 Å². The summed E-state index contributed by atoms with van der Waals surface area (Å²) in [5.41, 5.74) is 5.54. The summed E-state index contributed by atoms with van der Waals surface area (Å²) in [5, 5.41) is 12.5. The minimum atomic E-state index is -0.0952. The van der Waals surface area contributed by atoms with Crippen LogP contribution in [-0.2, 0) is 11.2 Å². The lowest BCUT2D eigenvalue weighted by Crippen LogP contribution is -2.23. The minimum Gasteiger partial charge on any atom is -0.508 e. The van der Waals surface area contributed by atoms with E-state index in [0.29, 0.717) is 11.5 Å². The number of nitrogens with zero attached hydrogens (tertiary/aromatic N) is 1. The number of hydrogen-bond donors (Lipinski definition) is 2. The standard InChI is InChI=1S/C24H22N2O3/c1-15(25-16(2)27)20-10-11-22-23(14-20)29-24(26-22)19-8-6-17(7-9-19)12-18-4-3-5-21(28)13-18/h3-11,13-15,28H,12H2,1-2H3,(H,25,27)/t15-/m1/s1. The van der Waals surface area contributed by atoms with Crippen molar-refractivity contribution in [3.63, 3.8) is 0 Å². The molecule has 1 aromatic heterocycles. The Hall–Kier alpha value is -3.60. The monoisotopic (exact) mass is 386 g/mol. The van der Waals surface area contributed by atoms with Crippen molar-refractivity contribution in [3.05, 3.63) is 83.4 Å². The van der Waals surface area contributed by atoms with Gasteiger partial charge in [0.25, 0.3) is 0 Å². The molecule has 0 aliphatic carbocycles. The van der Waals surface area contributed by atoms with Crippen molar-refractivity contribution < 1.29 is 14.3 Å². The van der Waals surface area contributed by atoms with Crippen LogP contribution < -0.4 is 5.32 Å². The van der Waals surface area contributed by atoms with Gasteiger partial charge in [-0.2, -0.15) is 0 Å². The van der Waals surface area contributed by atoms with Gasteiger partial charge in [-0.15, -0.1) is 0 Å². The lowest BCUT2D eigenvalue weighted by Gasteiger charge is -2.12. The van der Waals surface area contributed by atoms with Crippen molar-refractivity contribution in [2.45, 2.75) is 26.3 Å². The normalized spacial score (nSPS) is 12.1. The van der Waals surface area contributed by atoms with E-state index in [9.17, 15) is 9.90 Å². The Morgan fingerprint density at radius 3 is 2.59 bits per heavy atom. The Morgan fingerprint density at radius 1 is 1.07 bits per heavy atom. The molecule has 0 saturated heterocycles. The molecule has 4 rings (SSSR count). The van der Waals surface area contributed by atoms with Gasteiger partial charge in [0.05, 0.1) is 6.04 Å². The number of phenols is 1. The first-order chi connectivity index (χ1) is 14.0. The van der Waals surface area contributed by atoms with Gasteiger partial charge in [-0.25, -0.2) is 4.98 Å². The molecule has 1 heterocycles. The average Bonchev–Trinajstić information content (AvgIpc) is 3.11. The van der Waals surface area contributed by atoms with E-state index in [-0.39, 0.29) is 17.7 Å². The van der Waals surface area contributed by atoms with Crippen LogP contribution in [0.25, 0.3) is 22.6 Å². The number of carbonyl (C=O) groups is 1. The van der Waals surface area contributed by atoms with Crippen molar-refractivity contribution in [2.24, 2.45) is 0 Å². The van der Waals surface area contributed by atoms with Crippen molar-refractivity contribution in [1.82, 2.24) is 10.3 Å². The molecule has 5 nitrogen and oxygen atoms in total. The van der Waals surface area contributed by atoms with E-state index < -0.39 is 0 Å². The van der Waals surface area contributed by atoms with E-state index in [1.54, 1.807) is 12.1 Å². The van der Waals surface area contributed by atoms with Crippen LogP contribution in [0.1, 0.15) is 36.6 Å². The first-order valence-corrected chi connectivity index (χ1v) is 9.53. The second kappa shape index (κ2) is 7.80. The van der Waals surface area contributed by atoms with Crippen LogP contribution in [0.2, 0.25) is 0 Å². The molecule has 1 atom stereocenters. The number of oxazole rings is 1. The quantitative estimate of drug-likeness (QED) is 0.507.